The number of benzene rings is 2. The van der Waals surface area contributed by atoms with Gasteiger partial charge in [0.15, 0.2) is 0 Å². The third kappa shape index (κ3) is 5.27. The first-order valence-electron chi connectivity index (χ1n) is 12.4. The molecule has 4 aromatic rings. The molecule has 0 radical (unpaired) electrons. The summed E-state index contributed by atoms with van der Waals surface area (Å²) in [4.78, 5) is 16.0. The summed E-state index contributed by atoms with van der Waals surface area (Å²) in [6.45, 7) is 1.26. The summed E-state index contributed by atoms with van der Waals surface area (Å²) in [5, 5.41) is 5.30. The Hall–Kier alpha value is -3.30. The maximum Gasteiger partial charge on any atom is 0.242 e. The third-order valence-corrected chi connectivity index (χ3v) is 8.42. The van der Waals surface area contributed by atoms with Gasteiger partial charge in [-0.15, -0.1) is 0 Å². The number of fused-ring (bicyclic) bond motifs is 2. The predicted molar refractivity (Wildman–Crippen MR) is 145 cm³/mol. The summed E-state index contributed by atoms with van der Waals surface area (Å²) in [6.07, 6.45) is 5.70. The van der Waals surface area contributed by atoms with E-state index in [0.29, 0.717) is 29.8 Å². The summed E-state index contributed by atoms with van der Waals surface area (Å²) >= 11 is 0. The Morgan fingerprint density at radius 1 is 0.889 bits per heavy atom. The number of aromatic nitrogens is 3. The number of pyridine rings is 1. The molecule has 1 saturated carbocycles. The van der Waals surface area contributed by atoms with E-state index in [1.165, 1.54) is 0 Å². The average molecular weight is 505 g/mol. The van der Waals surface area contributed by atoms with Crippen molar-refractivity contribution in [2.75, 3.05) is 37.4 Å². The summed E-state index contributed by atoms with van der Waals surface area (Å²) < 4.78 is 28.8. The van der Waals surface area contributed by atoms with E-state index in [1.807, 2.05) is 61.5 Å². The lowest BCUT2D eigenvalue weighted by Gasteiger charge is -2.29. The summed E-state index contributed by atoms with van der Waals surface area (Å²) in [5.41, 5.74) is 1.44. The van der Waals surface area contributed by atoms with Gasteiger partial charge >= 0.3 is 0 Å². The Bertz CT molecular complexity index is 1460. The van der Waals surface area contributed by atoms with E-state index < -0.39 is 10.0 Å². The lowest BCUT2D eigenvalue weighted by Crippen LogP contribution is -2.32. The molecular weight excluding hydrogens is 472 g/mol. The number of nitrogens with one attached hydrogen (secondary N) is 2. The molecule has 0 atom stereocenters. The van der Waals surface area contributed by atoms with Crippen molar-refractivity contribution in [3.05, 3.63) is 60.8 Å². The molecule has 0 saturated heterocycles. The second-order valence-corrected chi connectivity index (χ2v) is 11.5. The SMILES string of the molecule is CN(C)c1nc(NCC2CCC(CNS(=O)(=O)c3cccc4cccnc34)CC2)nc2ccccc12. The molecule has 0 aliphatic heterocycles. The van der Waals surface area contributed by atoms with Crippen LogP contribution in [0.25, 0.3) is 21.8 Å². The second-order valence-electron chi connectivity index (χ2n) is 9.73. The number of nitrogens with zero attached hydrogens (tertiary/aromatic N) is 4. The molecule has 2 heterocycles. The molecule has 9 heteroatoms. The van der Waals surface area contributed by atoms with Crippen molar-refractivity contribution < 1.29 is 8.42 Å². The van der Waals surface area contributed by atoms with Gasteiger partial charge in [-0.2, -0.15) is 4.98 Å². The molecular formula is C27H32N6O2S. The van der Waals surface area contributed by atoms with Crippen molar-refractivity contribution in [3.63, 3.8) is 0 Å². The minimum absolute atomic E-state index is 0.242. The molecule has 188 valence electrons. The van der Waals surface area contributed by atoms with E-state index >= 15 is 0 Å². The van der Waals surface area contributed by atoms with Crippen molar-refractivity contribution in [2.24, 2.45) is 11.8 Å². The Balaban J connectivity index is 1.15. The minimum atomic E-state index is -3.62. The van der Waals surface area contributed by atoms with Gasteiger partial charge in [-0.25, -0.2) is 18.1 Å². The Kier molecular flexibility index (Phi) is 7.02. The average Bonchev–Trinajstić information content (AvgIpc) is 2.90. The van der Waals surface area contributed by atoms with Crippen LogP contribution in [-0.4, -0.2) is 50.6 Å². The first-order valence-corrected chi connectivity index (χ1v) is 13.9. The van der Waals surface area contributed by atoms with Gasteiger partial charge in [-0.05, 0) is 61.8 Å². The van der Waals surface area contributed by atoms with Gasteiger partial charge in [0.05, 0.1) is 11.0 Å². The van der Waals surface area contributed by atoms with E-state index in [4.69, 9.17) is 9.97 Å². The maximum atomic E-state index is 13.0. The molecule has 1 aliphatic carbocycles. The number of rotatable bonds is 8. The van der Waals surface area contributed by atoms with Crippen LogP contribution < -0.4 is 14.9 Å². The molecule has 1 fully saturated rings. The van der Waals surface area contributed by atoms with E-state index in [1.54, 1.807) is 18.3 Å². The molecule has 0 amide bonds. The fourth-order valence-electron chi connectivity index (χ4n) is 4.95. The first kappa shape index (κ1) is 24.4. The van der Waals surface area contributed by atoms with Gasteiger partial charge in [0.1, 0.15) is 10.7 Å². The van der Waals surface area contributed by atoms with Crippen LogP contribution in [0, 0.1) is 11.8 Å². The number of sulfonamides is 1. The zero-order chi connectivity index (χ0) is 25.1. The van der Waals surface area contributed by atoms with Gasteiger partial charge < -0.3 is 10.2 Å². The normalized spacial score (nSPS) is 18.4. The van der Waals surface area contributed by atoms with E-state index in [9.17, 15) is 8.42 Å². The van der Waals surface area contributed by atoms with Crippen molar-refractivity contribution >= 4 is 43.6 Å². The number of anilines is 2. The molecule has 0 spiro atoms. The summed E-state index contributed by atoms with van der Waals surface area (Å²) in [7, 11) is 0.361. The predicted octanol–water partition coefficient (Wildman–Crippen LogP) is 4.44. The Labute approximate surface area is 212 Å². The highest BCUT2D eigenvalue weighted by Gasteiger charge is 2.24. The van der Waals surface area contributed by atoms with Crippen LogP contribution in [-0.2, 0) is 10.0 Å². The fourth-order valence-corrected chi connectivity index (χ4v) is 6.25. The van der Waals surface area contributed by atoms with Crippen molar-refractivity contribution in [1.82, 2.24) is 19.7 Å². The molecule has 36 heavy (non-hydrogen) atoms. The Morgan fingerprint density at radius 3 is 2.39 bits per heavy atom. The van der Waals surface area contributed by atoms with Crippen LogP contribution in [0.4, 0.5) is 11.8 Å². The smallest absolute Gasteiger partial charge is 0.242 e. The van der Waals surface area contributed by atoms with Gasteiger partial charge in [0, 0.05) is 44.2 Å². The molecule has 2 aromatic carbocycles. The highest BCUT2D eigenvalue weighted by molar-refractivity contribution is 7.89. The maximum absolute atomic E-state index is 13.0. The zero-order valence-electron chi connectivity index (χ0n) is 20.7. The van der Waals surface area contributed by atoms with E-state index in [2.05, 4.69) is 15.0 Å². The van der Waals surface area contributed by atoms with Crippen LogP contribution in [0.2, 0.25) is 0 Å². The first-order chi connectivity index (χ1) is 17.4. The lowest BCUT2D eigenvalue weighted by molar-refractivity contribution is 0.284. The number of hydrogen-bond acceptors (Lipinski definition) is 7. The van der Waals surface area contributed by atoms with E-state index in [0.717, 1.165) is 54.3 Å². The second kappa shape index (κ2) is 10.4. The zero-order valence-corrected chi connectivity index (χ0v) is 21.5. The van der Waals surface area contributed by atoms with Crippen LogP contribution >= 0.6 is 0 Å². The van der Waals surface area contributed by atoms with Crippen molar-refractivity contribution in [1.29, 1.82) is 0 Å². The minimum Gasteiger partial charge on any atom is -0.362 e. The van der Waals surface area contributed by atoms with Gasteiger partial charge in [0.2, 0.25) is 16.0 Å². The van der Waals surface area contributed by atoms with Crippen LogP contribution in [0.3, 0.4) is 0 Å². The number of hydrogen-bond donors (Lipinski definition) is 2. The molecule has 0 unspecified atom stereocenters. The van der Waals surface area contributed by atoms with Crippen LogP contribution in [0.1, 0.15) is 25.7 Å². The largest absolute Gasteiger partial charge is 0.362 e. The van der Waals surface area contributed by atoms with Crippen LogP contribution in [0.5, 0.6) is 0 Å². The molecule has 8 nitrogen and oxygen atoms in total. The fraction of sp³-hybridized carbons (Fsp3) is 0.370. The Morgan fingerprint density at radius 2 is 1.61 bits per heavy atom. The standard InChI is InChI=1S/C27H32N6O2S/c1-33(2)26-22-9-3-4-10-23(22)31-27(32-26)29-17-19-12-14-20(15-13-19)18-30-36(34,35)24-11-5-7-21-8-6-16-28-25(21)24/h3-11,16,19-20,30H,12-15,17-18H2,1-2H3,(H,29,31,32). The topological polar surface area (TPSA) is 100 Å². The number of para-hydroxylation sites is 2. The monoisotopic (exact) mass is 504 g/mol. The molecule has 2 aromatic heterocycles. The molecule has 1 aliphatic rings. The van der Waals surface area contributed by atoms with Crippen LogP contribution in [0.15, 0.2) is 65.7 Å². The van der Waals surface area contributed by atoms with E-state index in [-0.39, 0.29) is 4.90 Å². The summed E-state index contributed by atoms with van der Waals surface area (Å²) in [5.74, 6) is 2.39. The van der Waals surface area contributed by atoms with Crippen molar-refractivity contribution in [2.45, 2.75) is 30.6 Å². The molecule has 5 rings (SSSR count). The highest BCUT2D eigenvalue weighted by Crippen LogP contribution is 2.30. The van der Waals surface area contributed by atoms with Crippen molar-refractivity contribution in [3.8, 4) is 0 Å². The van der Waals surface area contributed by atoms with Gasteiger partial charge in [-0.3, -0.25) is 4.98 Å². The third-order valence-electron chi connectivity index (χ3n) is 6.97. The molecule has 0 bridgehead atoms. The molecule has 2 N–H and O–H groups in total. The lowest BCUT2D eigenvalue weighted by atomic mass is 9.82. The highest BCUT2D eigenvalue weighted by atomic mass is 32.2. The van der Waals surface area contributed by atoms with Gasteiger partial charge in [0.25, 0.3) is 0 Å². The quantitative estimate of drug-likeness (QED) is 0.366. The summed E-state index contributed by atoms with van der Waals surface area (Å²) in [6, 6.07) is 17.0. The van der Waals surface area contributed by atoms with Gasteiger partial charge in [-0.1, -0.05) is 30.3 Å².